The number of aliphatic carboxylic acids is 1. The molecule has 0 atom stereocenters. The summed E-state index contributed by atoms with van der Waals surface area (Å²) in [5.41, 5.74) is 4.42. The van der Waals surface area contributed by atoms with Crippen molar-refractivity contribution in [2.24, 2.45) is 0 Å². The lowest BCUT2D eigenvalue weighted by Crippen LogP contribution is -2.37. The van der Waals surface area contributed by atoms with Crippen molar-refractivity contribution in [3.63, 3.8) is 0 Å². The fourth-order valence-electron chi connectivity index (χ4n) is 4.11. The van der Waals surface area contributed by atoms with Crippen molar-refractivity contribution in [1.82, 2.24) is 4.90 Å². The summed E-state index contributed by atoms with van der Waals surface area (Å²) in [6.07, 6.45) is -0.398. The van der Waals surface area contributed by atoms with E-state index < -0.39 is 12.1 Å². The highest BCUT2D eigenvalue weighted by Crippen LogP contribution is 2.46. The molecule has 0 fully saturated rings. The molecular weight excluding hydrogens is 482 g/mol. The third kappa shape index (κ3) is 8.80. The molecule has 0 unspecified atom stereocenters. The lowest BCUT2D eigenvalue weighted by atomic mass is 10.0. The lowest BCUT2D eigenvalue weighted by molar-refractivity contribution is -0.142. The van der Waals surface area contributed by atoms with Gasteiger partial charge in [-0.3, -0.25) is 4.90 Å². The number of carboxylic acid groups (broad SMARTS) is 1. The van der Waals surface area contributed by atoms with Gasteiger partial charge in [0, 0.05) is 6.54 Å². The summed E-state index contributed by atoms with van der Waals surface area (Å²) < 4.78 is 31.9. The summed E-state index contributed by atoms with van der Waals surface area (Å²) in [5, 5.41) is 8.44. The number of benzene rings is 2. The van der Waals surface area contributed by atoms with Crippen LogP contribution >= 0.6 is 0 Å². The molecule has 1 aliphatic rings. The van der Waals surface area contributed by atoms with E-state index in [0.29, 0.717) is 59.4 Å². The van der Waals surface area contributed by atoms with Crippen LogP contribution in [0.15, 0.2) is 48.5 Å². The van der Waals surface area contributed by atoms with Crippen LogP contribution in [0.4, 0.5) is 4.79 Å². The van der Waals surface area contributed by atoms with E-state index in [0.717, 1.165) is 22.3 Å². The van der Waals surface area contributed by atoms with Crippen LogP contribution in [0.2, 0.25) is 0 Å². The zero-order valence-corrected chi connectivity index (χ0v) is 21.1. The Kier molecular flexibility index (Phi) is 12.3. The highest BCUT2D eigenvalue weighted by Gasteiger charge is 2.35. The Bertz CT molecular complexity index is 938. The highest BCUT2D eigenvalue weighted by molar-refractivity contribution is 5.81. The predicted octanol–water partition coefficient (Wildman–Crippen LogP) is 2.99. The van der Waals surface area contributed by atoms with Crippen LogP contribution in [-0.4, -0.2) is 102 Å². The average Bonchev–Trinajstić information content (AvgIpc) is 3.24. The summed E-state index contributed by atoms with van der Waals surface area (Å²) in [7, 11) is 1.39. The van der Waals surface area contributed by atoms with E-state index in [1.54, 1.807) is 4.90 Å². The molecule has 0 radical (unpaired) electrons. The van der Waals surface area contributed by atoms with Gasteiger partial charge in [0.25, 0.3) is 0 Å². The van der Waals surface area contributed by atoms with Gasteiger partial charge in [-0.05, 0) is 22.3 Å². The Balaban J connectivity index is 1.29. The maximum atomic E-state index is 12.7. The van der Waals surface area contributed by atoms with Crippen molar-refractivity contribution in [2.45, 2.75) is 6.04 Å². The topological polar surface area (TPSA) is 113 Å². The van der Waals surface area contributed by atoms with E-state index >= 15 is 0 Å². The van der Waals surface area contributed by atoms with E-state index in [4.69, 9.17) is 33.5 Å². The first-order chi connectivity index (χ1) is 18.1. The zero-order valence-electron chi connectivity index (χ0n) is 21.1. The standard InChI is InChI=1S/C27H35NO9/c1-32-27(31)28(26-23-8-4-2-6-21(23)22-7-3-5-9-24(22)26)10-11-33-12-13-34-14-15-35-16-17-36-18-19-37-20-25(29)30/h2-9,26H,10-20H2,1H3,(H,29,30). The molecule has 10 heteroatoms. The Hall–Kier alpha value is -3.02. The first kappa shape index (κ1) is 28.5. The Morgan fingerprint density at radius 2 is 1.14 bits per heavy atom. The van der Waals surface area contributed by atoms with Gasteiger partial charge in [0.2, 0.25) is 0 Å². The minimum atomic E-state index is -1.00. The van der Waals surface area contributed by atoms with Crippen LogP contribution in [0.25, 0.3) is 11.1 Å². The van der Waals surface area contributed by atoms with Crippen molar-refractivity contribution < 1.29 is 43.1 Å². The molecule has 0 bridgehead atoms. The predicted molar refractivity (Wildman–Crippen MR) is 135 cm³/mol. The highest BCUT2D eigenvalue weighted by atomic mass is 16.6. The van der Waals surface area contributed by atoms with E-state index in [-0.39, 0.29) is 19.3 Å². The number of nitrogens with zero attached hydrogens (tertiary/aromatic N) is 1. The van der Waals surface area contributed by atoms with Crippen molar-refractivity contribution in [1.29, 1.82) is 0 Å². The fraction of sp³-hybridized carbons (Fsp3) is 0.481. The van der Waals surface area contributed by atoms with Gasteiger partial charge in [0.05, 0.1) is 72.6 Å². The van der Waals surface area contributed by atoms with Gasteiger partial charge in [-0.15, -0.1) is 0 Å². The SMILES string of the molecule is COC(=O)N(CCOCCOCCOCCOCCOCC(=O)O)C1c2ccccc2-c2ccccc21. The fourth-order valence-corrected chi connectivity index (χ4v) is 4.11. The second-order valence-electron chi connectivity index (χ2n) is 8.14. The van der Waals surface area contributed by atoms with Crippen LogP contribution in [0.5, 0.6) is 0 Å². The Labute approximate surface area is 217 Å². The van der Waals surface area contributed by atoms with Gasteiger partial charge < -0.3 is 33.5 Å². The molecule has 3 rings (SSSR count). The smallest absolute Gasteiger partial charge is 0.410 e. The molecular formula is C27H35NO9. The van der Waals surface area contributed by atoms with E-state index in [9.17, 15) is 9.59 Å². The molecule has 0 saturated carbocycles. The molecule has 2 aromatic rings. The summed E-state index contributed by atoms with van der Waals surface area (Å²) >= 11 is 0. The van der Waals surface area contributed by atoms with E-state index in [2.05, 4.69) is 24.3 Å². The van der Waals surface area contributed by atoms with Gasteiger partial charge in [-0.2, -0.15) is 0 Å². The quantitative estimate of drug-likeness (QED) is 0.298. The summed E-state index contributed by atoms with van der Waals surface area (Å²) in [6, 6.07) is 16.0. The number of carbonyl (C=O) groups is 2. The van der Waals surface area contributed by atoms with Crippen molar-refractivity contribution in [3.05, 3.63) is 59.7 Å². The zero-order chi connectivity index (χ0) is 26.3. The number of hydrogen-bond acceptors (Lipinski definition) is 8. The molecule has 1 aliphatic carbocycles. The largest absolute Gasteiger partial charge is 0.480 e. The van der Waals surface area contributed by atoms with Gasteiger partial charge >= 0.3 is 12.1 Å². The molecule has 0 aliphatic heterocycles. The van der Waals surface area contributed by atoms with Gasteiger partial charge in [0.1, 0.15) is 6.61 Å². The third-order valence-corrected chi connectivity index (χ3v) is 5.71. The number of amides is 1. The number of fused-ring (bicyclic) bond motifs is 3. The molecule has 0 aromatic heterocycles. The Morgan fingerprint density at radius 3 is 1.59 bits per heavy atom. The third-order valence-electron chi connectivity index (χ3n) is 5.71. The molecule has 0 saturated heterocycles. The number of carbonyl (C=O) groups excluding carboxylic acids is 1. The molecule has 0 spiro atoms. The maximum Gasteiger partial charge on any atom is 0.410 e. The molecule has 202 valence electrons. The number of hydrogen-bond donors (Lipinski definition) is 1. The second kappa shape index (κ2) is 16.0. The van der Waals surface area contributed by atoms with Crippen LogP contribution in [0.3, 0.4) is 0 Å². The minimum Gasteiger partial charge on any atom is -0.480 e. The van der Waals surface area contributed by atoms with E-state index in [1.165, 1.54) is 7.11 Å². The van der Waals surface area contributed by atoms with Crippen LogP contribution in [0, 0.1) is 0 Å². The number of carboxylic acids is 1. The summed E-state index contributed by atoms with van der Waals surface area (Å²) in [4.78, 5) is 24.7. The van der Waals surface area contributed by atoms with Crippen LogP contribution in [0.1, 0.15) is 17.2 Å². The van der Waals surface area contributed by atoms with Gasteiger partial charge in [0.15, 0.2) is 0 Å². The minimum absolute atomic E-state index is 0.224. The summed E-state index contributed by atoms with van der Waals surface area (Å²) in [5.74, 6) is -1.00. The van der Waals surface area contributed by atoms with Crippen molar-refractivity contribution in [3.8, 4) is 11.1 Å². The number of rotatable bonds is 18. The van der Waals surface area contributed by atoms with Crippen LogP contribution in [-0.2, 0) is 33.2 Å². The molecule has 0 heterocycles. The van der Waals surface area contributed by atoms with E-state index in [1.807, 2.05) is 24.3 Å². The second-order valence-corrected chi connectivity index (χ2v) is 8.14. The van der Waals surface area contributed by atoms with Gasteiger partial charge in [-0.25, -0.2) is 9.59 Å². The molecule has 2 aromatic carbocycles. The first-order valence-electron chi connectivity index (χ1n) is 12.3. The normalized spacial score (nSPS) is 12.2. The lowest BCUT2D eigenvalue weighted by Gasteiger charge is -2.29. The number of methoxy groups -OCH3 is 1. The summed E-state index contributed by atoms with van der Waals surface area (Å²) in [6.45, 7) is 3.42. The molecule has 10 nitrogen and oxygen atoms in total. The maximum absolute atomic E-state index is 12.7. The van der Waals surface area contributed by atoms with Crippen LogP contribution < -0.4 is 0 Å². The Morgan fingerprint density at radius 1 is 0.703 bits per heavy atom. The van der Waals surface area contributed by atoms with Crippen molar-refractivity contribution >= 4 is 12.1 Å². The molecule has 1 N–H and O–H groups in total. The molecule has 37 heavy (non-hydrogen) atoms. The molecule has 1 amide bonds. The first-order valence-corrected chi connectivity index (χ1v) is 12.3. The van der Waals surface area contributed by atoms with Crippen molar-refractivity contribution in [2.75, 3.05) is 79.7 Å². The monoisotopic (exact) mass is 517 g/mol. The van der Waals surface area contributed by atoms with Gasteiger partial charge in [-0.1, -0.05) is 48.5 Å². The average molecular weight is 518 g/mol. The number of ether oxygens (including phenoxy) is 6.